The molecule has 1 N–H and O–H groups in total. The molecular formula is C16H25F3N4O3. The Hall–Kier alpha value is -1.68. The highest BCUT2D eigenvalue weighted by molar-refractivity contribution is 5.32. The van der Waals surface area contributed by atoms with Gasteiger partial charge in [-0.05, 0) is 39.2 Å². The first-order chi connectivity index (χ1) is 12.3. The molecule has 0 bridgehead atoms. The van der Waals surface area contributed by atoms with E-state index in [1.807, 2.05) is 0 Å². The molecule has 1 aromatic rings. The number of carboxylic acid groups (broad SMARTS) is 1. The van der Waals surface area contributed by atoms with Crippen molar-refractivity contribution in [3.05, 3.63) is 11.6 Å². The van der Waals surface area contributed by atoms with E-state index in [0.717, 1.165) is 56.7 Å². The third-order valence-electron chi connectivity index (χ3n) is 4.66. The van der Waals surface area contributed by atoms with Crippen LogP contribution in [-0.2, 0) is 16.1 Å². The van der Waals surface area contributed by atoms with Crippen LogP contribution in [0.5, 0.6) is 0 Å². The number of piperidine rings is 1. The molecule has 0 aromatic carbocycles. The van der Waals surface area contributed by atoms with Crippen LogP contribution in [0.4, 0.5) is 13.2 Å². The van der Waals surface area contributed by atoms with Crippen molar-refractivity contribution < 1.29 is 27.8 Å². The first-order valence-electron chi connectivity index (χ1n) is 8.71. The maximum absolute atomic E-state index is 12.8. The Balaban J connectivity index is 0.000000758. The Labute approximate surface area is 150 Å². The molecule has 2 fully saturated rings. The highest BCUT2D eigenvalue weighted by Crippen LogP contribution is 2.30. The maximum atomic E-state index is 12.8. The van der Waals surface area contributed by atoms with Crippen LogP contribution in [-0.4, -0.2) is 69.8 Å². The van der Waals surface area contributed by atoms with Crippen molar-refractivity contribution >= 4 is 6.47 Å². The zero-order valence-electron chi connectivity index (χ0n) is 14.8. The number of rotatable bonds is 3. The summed E-state index contributed by atoms with van der Waals surface area (Å²) in [7, 11) is 0. The second-order valence-electron chi connectivity index (χ2n) is 6.57. The minimum Gasteiger partial charge on any atom is -0.483 e. The largest absolute Gasteiger partial charge is 0.483 e. The number of halogens is 3. The van der Waals surface area contributed by atoms with Crippen molar-refractivity contribution in [3.8, 4) is 0 Å². The average Bonchev–Trinajstić information content (AvgIpc) is 2.95. The van der Waals surface area contributed by atoms with E-state index in [2.05, 4.69) is 15.0 Å². The Kier molecular flexibility index (Phi) is 7.39. The fourth-order valence-electron chi connectivity index (χ4n) is 3.66. The molecule has 2 saturated heterocycles. The standard InChI is InChI=1S/C15H23F3N4O.CH2O2/c1-11-19-14(22(20-11)10-15(16,17)18)12-3-2-6-21(9-12)13-4-7-23-8-5-13;2-1-3/h12-13H,2-10H2,1H3;1H,(H,2,3). The van der Waals surface area contributed by atoms with Crippen LogP contribution in [0.25, 0.3) is 0 Å². The van der Waals surface area contributed by atoms with Gasteiger partial charge in [-0.25, -0.2) is 9.67 Å². The number of hydrogen-bond donors (Lipinski definition) is 1. The third kappa shape index (κ3) is 5.94. The summed E-state index contributed by atoms with van der Waals surface area (Å²) < 4.78 is 44.7. The van der Waals surface area contributed by atoms with Gasteiger partial charge in [0, 0.05) is 31.7 Å². The van der Waals surface area contributed by atoms with Crippen molar-refractivity contribution in [2.24, 2.45) is 0 Å². The van der Waals surface area contributed by atoms with Gasteiger partial charge in [0.25, 0.3) is 6.47 Å². The molecule has 1 unspecified atom stereocenters. The zero-order chi connectivity index (χ0) is 19.2. The van der Waals surface area contributed by atoms with Crippen LogP contribution in [0.2, 0.25) is 0 Å². The second-order valence-corrected chi connectivity index (χ2v) is 6.57. The van der Waals surface area contributed by atoms with Crippen LogP contribution in [0, 0.1) is 6.92 Å². The molecule has 148 valence electrons. The molecule has 1 aromatic heterocycles. The number of alkyl halides is 3. The van der Waals surface area contributed by atoms with Gasteiger partial charge in [0.1, 0.15) is 18.2 Å². The lowest BCUT2D eigenvalue weighted by atomic mass is 9.94. The number of hydrogen-bond acceptors (Lipinski definition) is 5. The molecule has 2 aliphatic heterocycles. The summed E-state index contributed by atoms with van der Waals surface area (Å²) >= 11 is 0. The van der Waals surface area contributed by atoms with E-state index < -0.39 is 12.7 Å². The molecule has 2 aliphatic rings. The first kappa shape index (κ1) is 20.6. The number of carbonyl (C=O) groups is 1. The minimum atomic E-state index is -4.27. The number of likely N-dealkylation sites (tertiary alicyclic amines) is 1. The summed E-state index contributed by atoms with van der Waals surface area (Å²) in [5.41, 5.74) is 0. The Morgan fingerprint density at radius 1 is 1.31 bits per heavy atom. The van der Waals surface area contributed by atoms with Gasteiger partial charge in [0.05, 0.1) is 0 Å². The molecule has 10 heteroatoms. The van der Waals surface area contributed by atoms with Crippen molar-refractivity contribution in [1.82, 2.24) is 19.7 Å². The van der Waals surface area contributed by atoms with Gasteiger partial charge in [-0.2, -0.15) is 18.3 Å². The van der Waals surface area contributed by atoms with Crippen LogP contribution < -0.4 is 0 Å². The predicted molar refractivity (Wildman–Crippen MR) is 86.9 cm³/mol. The first-order valence-corrected chi connectivity index (χ1v) is 8.71. The van der Waals surface area contributed by atoms with E-state index in [0.29, 0.717) is 17.7 Å². The van der Waals surface area contributed by atoms with E-state index in [-0.39, 0.29) is 12.4 Å². The Morgan fingerprint density at radius 2 is 1.96 bits per heavy atom. The Bertz CT molecular complexity index is 574. The topological polar surface area (TPSA) is 80.5 Å². The highest BCUT2D eigenvalue weighted by atomic mass is 19.4. The van der Waals surface area contributed by atoms with E-state index in [1.165, 1.54) is 0 Å². The van der Waals surface area contributed by atoms with Crippen LogP contribution in [0.1, 0.15) is 43.3 Å². The number of aromatic nitrogens is 3. The lowest BCUT2D eigenvalue weighted by Crippen LogP contribution is -2.45. The summed E-state index contributed by atoms with van der Waals surface area (Å²) in [6, 6.07) is 0.478. The molecule has 7 nitrogen and oxygen atoms in total. The van der Waals surface area contributed by atoms with E-state index in [9.17, 15) is 13.2 Å². The van der Waals surface area contributed by atoms with Gasteiger partial charge >= 0.3 is 6.18 Å². The van der Waals surface area contributed by atoms with Crippen molar-refractivity contribution in [3.63, 3.8) is 0 Å². The van der Waals surface area contributed by atoms with Crippen molar-refractivity contribution in [2.45, 2.75) is 57.3 Å². The number of nitrogens with zero attached hydrogens (tertiary/aromatic N) is 4. The fourth-order valence-corrected chi connectivity index (χ4v) is 3.66. The molecule has 0 aliphatic carbocycles. The summed E-state index contributed by atoms with van der Waals surface area (Å²) in [5.74, 6) is 0.916. The average molecular weight is 378 g/mol. The molecule has 3 rings (SSSR count). The predicted octanol–water partition coefficient (Wildman–Crippen LogP) is 2.21. The smallest absolute Gasteiger partial charge is 0.408 e. The van der Waals surface area contributed by atoms with Gasteiger partial charge in [-0.3, -0.25) is 9.69 Å². The Morgan fingerprint density at radius 3 is 2.58 bits per heavy atom. The molecule has 1 atom stereocenters. The van der Waals surface area contributed by atoms with Gasteiger partial charge in [-0.15, -0.1) is 0 Å². The monoisotopic (exact) mass is 378 g/mol. The summed E-state index contributed by atoms with van der Waals surface area (Å²) in [5, 5.41) is 10.8. The zero-order valence-corrected chi connectivity index (χ0v) is 14.8. The van der Waals surface area contributed by atoms with Crippen molar-refractivity contribution in [1.29, 1.82) is 0 Å². The van der Waals surface area contributed by atoms with Gasteiger partial charge in [-0.1, -0.05) is 0 Å². The van der Waals surface area contributed by atoms with E-state index in [4.69, 9.17) is 14.6 Å². The van der Waals surface area contributed by atoms with Gasteiger partial charge < -0.3 is 9.84 Å². The highest BCUT2D eigenvalue weighted by Gasteiger charge is 2.34. The lowest BCUT2D eigenvalue weighted by Gasteiger charge is -2.39. The molecule has 3 heterocycles. The van der Waals surface area contributed by atoms with Crippen molar-refractivity contribution in [2.75, 3.05) is 26.3 Å². The van der Waals surface area contributed by atoms with E-state index in [1.54, 1.807) is 6.92 Å². The molecule has 0 radical (unpaired) electrons. The third-order valence-corrected chi connectivity index (χ3v) is 4.66. The molecule has 0 saturated carbocycles. The minimum absolute atomic E-state index is 0.0233. The quantitative estimate of drug-likeness (QED) is 0.813. The van der Waals surface area contributed by atoms with Crippen LogP contribution >= 0.6 is 0 Å². The molecule has 0 amide bonds. The maximum Gasteiger partial charge on any atom is 0.408 e. The summed E-state index contributed by atoms with van der Waals surface area (Å²) in [6.07, 6.45) is -0.415. The van der Waals surface area contributed by atoms with Gasteiger partial charge in [0.15, 0.2) is 0 Å². The fraction of sp³-hybridized carbons (Fsp3) is 0.812. The molecular weight excluding hydrogens is 353 g/mol. The number of aryl methyl sites for hydroxylation is 1. The second kappa shape index (κ2) is 9.31. The normalized spacial score (nSPS) is 22.5. The SMILES string of the molecule is Cc1nc(C2CCCN(C3CCOCC3)C2)n(CC(F)(F)F)n1.O=CO. The van der Waals surface area contributed by atoms with E-state index >= 15 is 0 Å². The number of ether oxygens (including phenoxy) is 1. The van der Waals surface area contributed by atoms with Gasteiger partial charge in [0.2, 0.25) is 0 Å². The molecule has 0 spiro atoms. The van der Waals surface area contributed by atoms with Crippen LogP contribution in [0.3, 0.4) is 0 Å². The lowest BCUT2D eigenvalue weighted by molar-refractivity contribution is -0.143. The molecule has 26 heavy (non-hydrogen) atoms. The summed E-state index contributed by atoms with van der Waals surface area (Å²) in [6.45, 7) is 3.66. The van der Waals surface area contributed by atoms with Crippen LogP contribution in [0.15, 0.2) is 0 Å². The summed E-state index contributed by atoms with van der Waals surface area (Å²) in [4.78, 5) is 15.1.